The minimum atomic E-state index is -0.265. The van der Waals surface area contributed by atoms with Gasteiger partial charge in [0.1, 0.15) is 5.76 Å². The Kier molecular flexibility index (Phi) is 7.28. The van der Waals surface area contributed by atoms with Gasteiger partial charge in [-0.3, -0.25) is 9.59 Å². The van der Waals surface area contributed by atoms with Crippen molar-refractivity contribution < 1.29 is 18.7 Å². The monoisotopic (exact) mass is 478 g/mol. The molecule has 2 amide bonds. The molecule has 2 aromatic rings. The van der Waals surface area contributed by atoms with Crippen molar-refractivity contribution in [3.8, 4) is 0 Å². The minimum Gasteiger partial charge on any atom is -0.467 e. The average molecular weight is 479 g/mol. The molecule has 1 aromatic carbocycles. The smallest absolute Gasteiger partial charge is 0.242 e. The molecule has 4 bridgehead atoms. The third-order valence-corrected chi connectivity index (χ3v) is 8.46. The summed E-state index contributed by atoms with van der Waals surface area (Å²) < 4.78 is 10.9. The van der Waals surface area contributed by atoms with E-state index in [1.165, 1.54) is 24.8 Å². The van der Waals surface area contributed by atoms with Crippen LogP contribution in [0, 0.1) is 23.2 Å². The summed E-state index contributed by atoms with van der Waals surface area (Å²) in [7, 11) is 1.65. The highest BCUT2D eigenvalue weighted by molar-refractivity contribution is 5.88. The van der Waals surface area contributed by atoms with Crippen LogP contribution in [0.25, 0.3) is 0 Å². The van der Waals surface area contributed by atoms with Gasteiger partial charge in [-0.15, -0.1) is 0 Å². The van der Waals surface area contributed by atoms with Crippen LogP contribution in [0.4, 0.5) is 0 Å². The number of methoxy groups -OCH3 is 1. The molecule has 0 spiro atoms. The molecule has 188 valence electrons. The summed E-state index contributed by atoms with van der Waals surface area (Å²) in [6, 6.07) is 13.9. The normalized spacial score (nSPS) is 26.6. The molecule has 0 atom stereocenters. The molecular weight excluding hydrogens is 440 g/mol. The maximum atomic E-state index is 14.0. The predicted molar refractivity (Wildman–Crippen MR) is 133 cm³/mol. The minimum absolute atomic E-state index is 0.0356. The van der Waals surface area contributed by atoms with Gasteiger partial charge in [0.25, 0.3) is 0 Å². The van der Waals surface area contributed by atoms with Crippen molar-refractivity contribution in [2.75, 3.05) is 33.4 Å². The lowest BCUT2D eigenvalue weighted by Crippen LogP contribution is -2.56. The Morgan fingerprint density at radius 1 is 0.943 bits per heavy atom. The number of ether oxygens (including phenoxy) is 1. The van der Waals surface area contributed by atoms with E-state index in [2.05, 4.69) is 12.1 Å². The van der Waals surface area contributed by atoms with Crippen LogP contribution in [0.15, 0.2) is 53.1 Å². The van der Waals surface area contributed by atoms with E-state index < -0.39 is 0 Å². The molecule has 4 aliphatic rings. The highest BCUT2D eigenvalue weighted by Gasteiger charge is 2.55. The fraction of sp³-hybridized carbons (Fsp3) is 0.586. The third kappa shape index (κ3) is 5.48. The zero-order valence-electron chi connectivity index (χ0n) is 20.9. The van der Waals surface area contributed by atoms with Crippen LogP contribution in [0.5, 0.6) is 0 Å². The standard InChI is InChI=1S/C29H38N2O4/c1-34-13-11-31(28(33)29-17-23-14-24(18-29)16-25(15-23)19-29)21-27(32)30(20-26-8-5-12-35-26)10-9-22-6-3-2-4-7-22/h2-8,12,23-25H,9-11,13-21H2,1H3. The largest absolute Gasteiger partial charge is 0.467 e. The second kappa shape index (κ2) is 10.6. The Hall–Kier alpha value is -2.60. The summed E-state index contributed by atoms with van der Waals surface area (Å²) in [5, 5.41) is 0. The highest BCUT2D eigenvalue weighted by Crippen LogP contribution is 2.60. The van der Waals surface area contributed by atoms with Crippen LogP contribution in [0.1, 0.15) is 49.8 Å². The van der Waals surface area contributed by atoms with Crippen molar-refractivity contribution in [2.45, 2.75) is 51.5 Å². The fourth-order valence-electron chi connectivity index (χ4n) is 7.22. The van der Waals surface area contributed by atoms with Gasteiger partial charge in [-0.25, -0.2) is 0 Å². The van der Waals surface area contributed by atoms with Gasteiger partial charge in [0.05, 0.1) is 31.4 Å². The van der Waals surface area contributed by atoms with Gasteiger partial charge >= 0.3 is 0 Å². The summed E-state index contributed by atoms with van der Waals surface area (Å²) in [4.78, 5) is 31.3. The molecule has 1 aromatic heterocycles. The van der Waals surface area contributed by atoms with Gasteiger partial charge in [-0.1, -0.05) is 30.3 Å². The van der Waals surface area contributed by atoms with Crippen molar-refractivity contribution in [3.05, 3.63) is 60.1 Å². The molecule has 6 rings (SSSR count). The first-order valence-electron chi connectivity index (χ1n) is 13.2. The molecule has 4 saturated carbocycles. The van der Waals surface area contributed by atoms with E-state index in [4.69, 9.17) is 9.15 Å². The SMILES string of the molecule is COCCN(CC(=O)N(CCc1ccccc1)Cc1ccco1)C(=O)C12CC3CC(CC(C3)C1)C2. The lowest BCUT2D eigenvalue weighted by Gasteiger charge is -2.56. The number of furan rings is 1. The van der Waals surface area contributed by atoms with Gasteiger partial charge in [0, 0.05) is 20.2 Å². The van der Waals surface area contributed by atoms with Crippen molar-refractivity contribution in [3.63, 3.8) is 0 Å². The van der Waals surface area contributed by atoms with Crippen LogP contribution in [-0.4, -0.2) is 55.0 Å². The molecule has 0 unspecified atom stereocenters. The Balaban J connectivity index is 1.30. The summed E-state index contributed by atoms with van der Waals surface area (Å²) >= 11 is 0. The first kappa shape index (κ1) is 24.1. The molecule has 35 heavy (non-hydrogen) atoms. The van der Waals surface area contributed by atoms with Crippen LogP contribution in [-0.2, 0) is 27.3 Å². The van der Waals surface area contributed by atoms with Gasteiger partial charge in [-0.2, -0.15) is 0 Å². The van der Waals surface area contributed by atoms with Gasteiger partial charge in [0.2, 0.25) is 11.8 Å². The Labute approximate surface area is 208 Å². The molecular formula is C29H38N2O4. The number of hydrogen-bond donors (Lipinski definition) is 0. The number of carbonyl (C=O) groups excluding carboxylic acids is 2. The Morgan fingerprint density at radius 3 is 2.23 bits per heavy atom. The quantitative estimate of drug-likeness (QED) is 0.476. The van der Waals surface area contributed by atoms with Crippen LogP contribution < -0.4 is 0 Å². The van der Waals surface area contributed by atoms with E-state index >= 15 is 0 Å². The summed E-state index contributed by atoms with van der Waals surface area (Å²) in [5.41, 5.74) is 0.921. The number of nitrogens with zero attached hydrogens (tertiary/aromatic N) is 2. The number of amides is 2. The molecule has 4 aliphatic carbocycles. The Morgan fingerprint density at radius 2 is 1.63 bits per heavy atom. The van der Waals surface area contributed by atoms with E-state index in [1.54, 1.807) is 18.3 Å². The molecule has 6 heteroatoms. The second-order valence-corrected chi connectivity index (χ2v) is 11.0. The zero-order chi connectivity index (χ0) is 24.3. The van der Waals surface area contributed by atoms with Crippen LogP contribution in [0.3, 0.4) is 0 Å². The number of carbonyl (C=O) groups is 2. The maximum absolute atomic E-state index is 14.0. The molecule has 1 heterocycles. The topological polar surface area (TPSA) is 63.0 Å². The van der Waals surface area contributed by atoms with Crippen LogP contribution >= 0.6 is 0 Å². The lowest BCUT2D eigenvalue weighted by molar-refractivity contribution is -0.161. The zero-order valence-corrected chi connectivity index (χ0v) is 20.9. The van der Waals surface area contributed by atoms with E-state index in [0.717, 1.165) is 31.4 Å². The Bertz CT molecular complexity index is 952. The average Bonchev–Trinajstić information content (AvgIpc) is 3.37. The first-order valence-corrected chi connectivity index (χ1v) is 13.2. The predicted octanol–water partition coefficient (Wildman–Crippen LogP) is 4.54. The van der Waals surface area contributed by atoms with Crippen molar-refractivity contribution in [2.24, 2.45) is 23.2 Å². The molecule has 4 fully saturated rings. The van der Waals surface area contributed by atoms with Crippen molar-refractivity contribution in [1.82, 2.24) is 9.80 Å². The molecule has 0 N–H and O–H groups in total. The van der Waals surface area contributed by atoms with E-state index in [0.29, 0.717) is 44.0 Å². The second-order valence-electron chi connectivity index (χ2n) is 11.0. The van der Waals surface area contributed by atoms with Gasteiger partial charge in [-0.05, 0) is 80.4 Å². The number of rotatable bonds is 11. The van der Waals surface area contributed by atoms with Gasteiger partial charge < -0.3 is 19.0 Å². The van der Waals surface area contributed by atoms with E-state index in [1.807, 2.05) is 35.2 Å². The van der Waals surface area contributed by atoms with E-state index in [-0.39, 0.29) is 23.8 Å². The number of hydrogen-bond acceptors (Lipinski definition) is 4. The summed E-state index contributed by atoms with van der Waals surface area (Å²) in [6.07, 6.45) is 9.27. The number of benzene rings is 1. The van der Waals surface area contributed by atoms with Gasteiger partial charge in [0.15, 0.2) is 0 Å². The third-order valence-electron chi connectivity index (χ3n) is 8.46. The molecule has 0 saturated heterocycles. The maximum Gasteiger partial charge on any atom is 0.242 e. The first-order chi connectivity index (χ1) is 17.0. The lowest BCUT2D eigenvalue weighted by atomic mass is 9.49. The molecule has 6 nitrogen and oxygen atoms in total. The summed E-state index contributed by atoms with van der Waals surface area (Å²) in [6.45, 7) is 1.97. The highest BCUT2D eigenvalue weighted by atomic mass is 16.5. The molecule has 0 aliphatic heterocycles. The van der Waals surface area contributed by atoms with Crippen molar-refractivity contribution >= 4 is 11.8 Å². The fourth-order valence-corrected chi connectivity index (χ4v) is 7.22. The van der Waals surface area contributed by atoms with E-state index in [9.17, 15) is 9.59 Å². The van der Waals surface area contributed by atoms with Crippen LogP contribution in [0.2, 0.25) is 0 Å². The molecule has 0 radical (unpaired) electrons. The van der Waals surface area contributed by atoms with Crippen molar-refractivity contribution in [1.29, 1.82) is 0 Å². The summed E-state index contributed by atoms with van der Waals surface area (Å²) in [5.74, 6) is 2.96.